The van der Waals surface area contributed by atoms with Crippen molar-refractivity contribution < 1.29 is 9.78 Å². The van der Waals surface area contributed by atoms with Gasteiger partial charge in [0.15, 0.2) is 0 Å². The highest BCUT2D eigenvalue weighted by molar-refractivity contribution is 5.14. The van der Waals surface area contributed by atoms with E-state index < -0.39 is 0 Å². The van der Waals surface area contributed by atoms with E-state index >= 15 is 0 Å². The van der Waals surface area contributed by atoms with Gasteiger partial charge in [-0.15, -0.1) is 0 Å². The van der Waals surface area contributed by atoms with E-state index in [4.69, 9.17) is 9.78 Å². The van der Waals surface area contributed by atoms with Crippen LogP contribution in [-0.2, 0) is 16.2 Å². The van der Waals surface area contributed by atoms with E-state index in [1.807, 2.05) is 19.9 Å². The van der Waals surface area contributed by atoms with Gasteiger partial charge in [0.2, 0.25) is 0 Å². The maximum Gasteiger partial charge on any atom is 0.0902 e. The van der Waals surface area contributed by atoms with E-state index in [9.17, 15) is 0 Å². The third kappa shape index (κ3) is 5.55. The van der Waals surface area contributed by atoms with Crippen LogP contribution in [0.1, 0.15) is 32.3 Å². The van der Waals surface area contributed by atoms with Gasteiger partial charge in [0, 0.05) is 0 Å². The van der Waals surface area contributed by atoms with Gasteiger partial charge in [-0.1, -0.05) is 30.3 Å². The van der Waals surface area contributed by atoms with Crippen LogP contribution >= 0.6 is 0 Å². The first kappa shape index (κ1) is 12.2. The minimum atomic E-state index is 0.189. The standard InChI is InChI=1S/C13H20O2/c1-3-14-15-12(2)8-7-11-13-9-5-4-6-10-13/h4-6,9-10,12H,3,7-8,11H2,1-2H3. The largest absolute Gasteiger partial charge is 0.237 e. The summed E-state index contributed by atoms with van der Waals surface area (Å²) in [6, 6.07) is 10.5. The molecule has 0 N–H and O–H groups in total. The summed E-state index contributed by atoms with van der Waals surface area (Å²) >= 11 is 0. The molecular formula is C13H20O2. The average Bonchev–Trinajstić information content (AvgIpc) is 2.28. The molecule has 0 heterocycles. The predicted octanol–water partition coefficient (Wildman–Crippen LogP) is 3.37. The van der Waals surface area contributed by atoms with Crippen LogP contribution in [0.5, 0.6) is 0 Å². The Morgan fingerprint density at radius 1 is 1.20 bits per heavy atom. The predicted molar refractivity (Wildman–Crippen MR) is 61.6 cm³/mol. The van der Waals surface area contributed by atoms with Crippen molar-refractivity contribution in [1.29, 1.82) is 0 Å². The minimum absolute atomic E-state index is 0.189. The quantitative estimate of drug-likeness (QED) is 0.505. The zero-order valence-electron chi connectivity index (χ0n) is 9.61. The summed E-state index contributed by atoms with van der Waals surface area (Å²) in [7, 11) is 0. The molecule has 0 fully saturated rings. The Hall–Kier alpha value is -0.860. The molecule has 1 aromatic carbocycles. The van der Waals surface area contributed by atoms with Crippen LogP contribution in [0.15, 0.2) is 30.3 Å². The lowest BCUT2D eigenvalue weighted by Gasteiger charge is -2.10. The van der Waals surface area contributed by atoms with Crippen molar-refractivity contribution in [3.05, 3.63) is 35.9 Å². The van der Waals surface area contributed by atoms with E-state index in [1.54, 1.807) is 0 Å². The first-order valence-electron chi connectivity index (χ1n) is 5.65. The van der Waals surface area contributed by atoms with Gasteiger partial charge >= 0.3 is 0 Å². The Bertz CT molecular complexity index is 246. The Balaban J connectivity index is 2.11. The zero-order valence-corrected chi connectivity index (χ0v) is 9.61. The maximum absolute atomic E-state index is 5.13. The molecule has 0 spiro atoms. The summed E-state index contributed by atoms with van der Waals surface area (Å²) in [5.41, 5.74) is 1.39. The molecule has 0 saturated carbocycles. The summed E-state index contributed by atoms with van der Waals surface area (Å²) in [5.74, 6) is 0. The van der Waals surface area contributed by atoms with E-state index in [0.717, 1.165) is 19.3 Å². The van der Waals surface area contributed by atoms with Gasteiger partial charge in [0.25, 0.3) is 0 Å². The van der Waals surface area contributed by atoms with Crippen LogP contribution in [-0.4, -0.2) is 12.7 Å². The van der Waals surface area contributed by atoms with E-state index in [1.165, 1.54) is 5.56 Å². The summed E-state index contributed by atoms with van der Waals surface area (Å²) in [6.07, 6.45) is 3.47. The topological polar surface area (TPSA) is 18.5 Å². The van der Waals surface area contributed by atoms with Crippen molar-refractivity contribution >= 4 is 0 Å². The van der Waals surface area contributed by atoms with Gasteiger partial charge in [-0.25, -0.2) is 9.78 Å². The van der Waals surface area contributed by atoms with Crippen molar-refractivity contribution in [3.63, 3.8) is 0 Å². The van der Waals surface area contributed by atoms with Crippen molar-refractivity contribution in [1.82, 2.24) is 0 Å². The van der Waals surface area contributed by atoms with E-state index in [0.29, 0.717) is 6.61 Å². The Morgan fingerprint density at radius 2 is 1.93 bits per heavy atom. The number of hydrogen-bond donors (Lipinski definition) is 0. The molecular weight excluding hydrogens is 188 g/mol. The van der Waals surface area contributed by atoms with Crippen LogP contribution in [0, 0.1) is 0 Å². The Morgan fingerprint density at radius 3 is 2.60 bits per heavy atom. The third-order valence-electron chi connectivity index (χ3n) is 2.27. The molecule has 0 aliphatic rings. The van der Waals surface area contributed by atoms with Gasteiger partial charge in [-0.05, 0) is 38.7 Å². The second-order valence-electron chi connectivity index (χ2n) is 3.69. The number of hydrogen-bond acceptors (Lipinski definition) is 2. The van der Waals surface area contributed by atoms with Crippen molar-refractivity contribution in [2.45, 2.75) is 39.2 Å². The second-order valence-corrected chi connectivity index (χ2v) is 3.69. The summed E-state index contributed by atoms with van der Waals surface area (Å²) in [5, 5.41) is 0. The normalized spacial score (nSPS) is 12.7. The first-order chi connectivity index (χ1) is 7.33. The Labute approximate surface area is 92.1 Å². The van der Waals surface area contributed by atoms with Crippen LogP contribution in [0.4, 0.5) is 0 Å². The highest BCUT2D eigenvalue weighted by Crippen LogP contribution is 2.08. The smallest absolute Gasteiger partial charge is 0.0902 e. The highest BCUT2D eigenvalue weighted by Gasteiger charge is 2.02. The molecule has 0 bridgehead atoms. The molecule has 0 amide bonds. The fourth-order valence-electron chi connectivity index (χ4n) is 1.47. The van der Waals surface area contributed by atoms with E-state index in [-0.39, 0.29) is 6.10 Å². The molecule has 0 aliphatic carbocycles. The second kappa shape index (κ2) is 7.43. The monoisotopic (exact) mass is 208 g/mol. The molecule has 15 heavy (non-hydrogen) atoms. The molecule has 84 valence electrons. The lowest BCUT2D eigenvalue weighted by atomic mass is 10.1. The lowest BCUT2D eigenvalue weighted by molar-refractivity contribution is -0.318. The molecule has 2 nitrogen and oxygen atoms in total. The van der Waals surface area contributed by atoms with Crippen molar-refractivity contribution in [3.8, 4) is 0 Å². The van der Waals surface area contributed by atoms with Crippen molar-refractivity contribution in [2.75, 3.05) is 6.61 Å². The van der Waals surface area contributed by atoms with E-state index in [2.05, 4.69) is 24.3 Å². The molecule has 1 rings (SSSR count). The SMILES string of the molecule is CCOOC(C)CCCc1ccccc1. The molecule has 0 aromatic heterocycles. The van der Waals surface area contributed by atoms with Gasteiger partial charge in [0.1, 0.15) is 0 Å². The van der Waals surface area contributed by atoms with Gasteiger partial charge in [-0.3, -0.25) is 0 Å². The number of aryl methyl sites for hydroxylation is 1. The summed E-state index contributed by atoms with van der Waals surface area (Å²) in [4.78, 5) is 10.0. The molecule has 2 heteroatoms. The molecule has 0 radical (unpaired) electrons. The van der Waals surface area contributed by atoms with Crippen LogP contribution in [0.25, 0.3) is 0 Å². The average molecular weight is 208 g/mol. The van der Waals surface area contributed by atoms with Crippen molar-refractivity contribution in [2.24, 2.45) is 0 Å². The molecule has 1 aromatic rings. The minimum Gasteiger partial charge on any atom is -0.237 e. The molecule has 1 atom stereocenters. The summed E-state index contributed by atoms with van der Waals surface area (Å²) in [6.45, 7) is 4.58. The highest BCUT2D eigenvalue weighted by atomic mass is 17.2. The fraction of sp³-hybridized carbons (Fsp3) is 0.538. The molecule has 0 saturated heterocycles. The third-order valence-corrected chi connectivity index (χ3v) is 2.27. The lowest BCUT2D eigenvalue weighted by Crippen LogP contribution is -2.09. The van der Waals surface area contributed by atoms with Gasteiger partial charge in [-0.2, -0.15) is 0 Å². The van der Waals surface area contributed by atoms with Crippen LogP contribution in [0.3, 0.4) is 0 Å². The van der Waals surface area contributed by atoms with Gasteiger partial charge < -0.3 is 0 Å². The number of benzene rings is 1. The van der Waals surface area contributed by atoms with Crippen LogP contribution in [0.2, 0.25) is 0 Å². The van der Waals surface area contributed by atoms with Crippen LogP contribution < -0.4 is 0 Å². The Kier molecular flexibility index (Phi) is 6.05. The molecule has 0 aliphatic heterocycles. The summed E-state index contributed by atoms with van der Waals surface area (Å²) < 4.78 is 0. The zero-order chi connectivity index (χ0) is 10.9. The maximum atomic E-state index is 5.13. The first-order valence-corrected chi connectivity index (χ1v) is 5.65. The number of rotatable bonds is 7. The fourth-order valence-corrected chi connectivity index (χ4v) is 1.47. The van der Waals surface area contributed by atoms with Gasteiger partial charge in [0.05, 0.1) is 12.7 Å². The molecule has 1 unspecified atom stereocenters.